The van der Waals surface area contributed by atoms with Crippen molar-refractivity contribution in [1.82, 2.24) is 0 Å². The molecular weight excluding hydrogens is 348 g/mol. The molecule has 0 radical (unpaired) electrons. The summed E-state index contributed by atoms with van der Waals surface area (Å²) in [6.45, 7) is 4.04. The summed E-state index contributed by atoms with van der Waals surface area (Å²) in [5.74, 6) is 1.40. The molecule has 0 N–H and O–H groups in total. The molecule has 1 aliphatic heterocycles. The molecule has 3 aromatic rings. The zero-order valence-electron chi connectivity index (χ0n) is 16.2. The molecule has 3 aromatic carbocycles. The van der Waals surface area contributed by atoms with Crippen LogP contribution in [0.5, 0.6) is 11.5 Å². The lowest BCUT2D eigenvalue weighted by molar-refractivity contribution is 0.0963. The number of aryl methyl sites for hydroxylation is 2. The highest BCUT2D eigenvalue weighted by Crippen LogP contribution is 2.40. The van der Waals surface area contributed by atoms with Crippen LogP contribution < -0.4 is 9.47 Å². The number of benzene rings is 3. The molecular formula is C25H22O3. The lowest BCUT2D eigenvalue weighted by atomic mass is 9.89. The number of ether oxygens (including phenoxy) is 2. The van der Waals surface area contributed by atoms with Crippen molar-refractivity contribution in [3.8, 4) is 11.5 Å². The third-order valence-electron chi connectivity index (χ3n) is 4.99. The first-order valence-corrected chi connectivity index (χ1v) is 9.29. The van der Waals surface area contributed by atoms with Crippen molar-refractivity contribution in [3.05, 3.63) is 100 Å². The van der Waals surface area contributed by atoms with E-state index >= 15 is 0 Å². The summed E-state index contributed by atoms with van der Waals surface area (Å²) in [7, 11) is 1.64. The molecule has 1 unspecified atom stereocenters. The van der Waals surface area contributed by atoms with E-state index in [1.54, 1.807) is 7.11 Å². The first-order chi connectivity index (χ1) is 13.5. The second-order valence-electron chi connectivity index (χ2n) is 7.11. The van der Waals surface area contributed by atoms with Crippen molar-refractivity contribution >= 4 is 11.9 Å². The maximum absolute atomic E-state index is 13.3. The Balaban J connectivity index is 1.83. The number of methoxy groups -OCH3 is 1. The molecule has 140 valence electrons. The fourth-order valence-corrected chi connectivity index (χ4v) is 3.39. The van der Waals surface area contributed by atoms with Gasteiger partial charge in [-0.3, -0.25) is 4.79 Å². The zero-order valence-corrected chi connectivity index (χ0v) is 16.2. The summed E-state index contributed by atoms with van der Waals surface area (Å²) < 4.78 is 11.6. The fraction of sp³-hybridized carbons (Fsp3) is 0.160. The summed E-state index contributed by atoms with van der Waals surface area (Å²) in [4.78, 5) is 13.3. The van der Waals surface area contributed by atoms with E-state index in [0.29, 0.717) is 16.9 Å². The Morgan fingerprint density at radius 2 is 1.57 bits per heavy atom. The number of carbonyl (C=O) groups excluding carboxylic acids is 1. The minimum Gasteiger partial charge on any atom is -0.497 e. The van der Waals surface area contributed by atoms with Crippen LogP contribution in [0.4, 0.5) is 0 Å². The number of fused-ring (bicyclic) bond motifs is 1. The SMILES string of the molecule is COc1ccc(C2Oc3cc(C)ccc3C(=O)/C2=C/c2ccc(C)cc2)cc1. The van der Waals surface area contributed by atoms with E-state index < -0.39 is 6.10 Å². The molecule has 0 fully saturated rings. The zero-order chi connectivity index (χ0) is 19.7. The molecule has 0 amide bonds. The maximum atomic E-state index is 13.3. The van der Waals surface area contributed by atoms with Crippen LogP contribution in [0.1, 0.15) is 38.7 Å². The van der Waals surface area contributed by atoms with Gasteiger partial charge in [-0.1, -0.05) is 48.0 Å². The molecule has 1 heterocycles. The highest BCUT2D eigenvalue weighted by molar-refractivity contribution is 6.14. The molecule has 28 heavy (non-hydrogen) atoms. The van der Waals surface area contributed by atoms with E-state index in [1.165, 1.54) is 5.56 Å². The molecule has 0 spiro atoms. The van der Waals surface area contributed by atoms with Crippen molar-refractivity contribution < 1.29 is 14.3 Å². The van der Waals surface area contributed by atoms with Gasteiger partial charge in [-0.15, -0.1) is 0 Å². The van der Waals surface area contributed by atoms with Gasteiger partial charge in [0, 0.05) is 5.57 Å². The van der Waals surface area contributed by atoms with Crippen LogP contribution in [0.3, 0.4) is 0 Å². The van der Waals surface area contributed by atoms with Crippen LogP contribution in [0, 0.1) is 13.8 Å². The highest BCUT2D eigenvalue weighted by Gasteiger charge is 2.33. The Labute approximate surface area is 165 Å². The lowest BCUT2D eigenvalue weighted by Crippen LogP contribution is -2.24. The molecule has 0 aliphatic carbocycles. The van der Waals surface area contributed by atoms with Crippen molar-refractivity contribution in [2.45, 2.75) is 20.0 Å². The Morgan fingerprint density at radius 1 is 0.893 bits per heavy atom. The minimum atomic E-state index is -0.464. The van der Waals surface area contributed by atoms with Crippen molar-refractivity contribution in [1.29, 1.82) is 0 Å². The van der Waals surface area contributed by atoms with Crippen LogP contribution >= 0.6 is 0 Å². The molecule has 1 aliphatic rings. The first kappa shape index (κ1) is 18.1. The predicted molar refractivity (Wildman–Crippen MR) is 111 cm³/mol. The molecule has 4 rings (SSSR count). The van der Waals surface area contributed by atoms with Gasteiger partial charge < -0.3 is 9.47 Å². The standard InChI is InChI=1S/C25H22O3/c1-16-4-7-18(8-5-16)15-22-24(26)21-13-6-17(2)14-23(21)28-25(22)19-9-11-20(27-3)12-10-19/h4-15,25H,1-3H3/b22-15-. The van der Waals surface area contributed by atoms with Crippen molar-refractivity contribution in [2.24, 2.45) is 0 Å². The van der Waals surface area contributed by atoms with E-state index in [2.05, 4.69) is 0 Å². The molecule has 3 nitrogen and oxygen atoms in total. The van der Waals surface area contributed by atoms with Crippen LogP contribution in [0.15, 0.2) is 72.3 Å². The normalized spacial score (nSPS) is 17.2. The highest BCUT2D eigenvalue weighted by atomic mass is 16.5. The second kappa shape index (κ2) is 7.35. The van der Waals surface area contributed by atoms with Crippen LogP contribution in [-0.4, -0.2) is 12.9 Å². The van der Waals surface area contributed by atoms with E-state index in [1.807, 2.05) is 86.7 Å². The number of ketones is 1. The Bertz CT molecular complexity index is 1040. The predicted octanol–water partition coefficient (Wildman–Crippen LogP) is 5.71. The summed E-state index contributed by atoms with van der Waals surface area (Å²) in [6, 6.07) is 21.5. The largest absolute Gasteiger partial charge is 0.497 e. The Kier molecular flexibility index (Phi) is 4.74. The fourth-order valence-electron chi connectivity index (χ4n) is 3.39. The monoisotopic (exact) mass is 370 g/mol. The lowest BCUT2D eigenvalue weighted by Gasteiger charge is -2.28. The summed E-state index contributed by atoms with van der Waals surface area (Å²) >= 11 is 0. The summed E-state index contributed by atoms with van der Waals surface area (Å²) in [5, 5.41) is 0. The number of rotatable bonds is 3. The van der Waals surface area contributed by atoms with Crippen molar-refractivity contribution in [3.63, 3.8) is 0 Å². The second-order valence-corrected chi connectivity index (χ2v) is 7.11. The summed E-state index contributed by atoms with van der Waals surface area (Å²) in [6.07, 6.45) is 1.47. The maximum Gasteiger partial charge on any atom is 0.196 e. The van der Waals surface area contributed by atoms with E-state index in [9.17, 15) is 4.79 Å². The number of Topliss-reactive ketones (excluding diaryl/α,β-unsaturated/α-hetero) is 1. The van der Waals surface area contributed by atoms with Gasteiger partial charge in [-0.05, 0) is 60.9 Å². The molecule has 0 aromatic heterocycles. The smallest absolute Gasteiger partial charge is 0.196 e. The minimum absolute atomic E-state index is 0.00245. The van der Waals surface area contributed by atoms with Gasteiger partial charge >= 0.3 is 0 Å². The number of hydrogen-bond acceptors (Lipinski definition) is 3. The van der Waals surface area contributed by atoms with Gasteiger partial charge in [-0.25, -0.2) is 0 Å². The van der Waals surface area contributed by atoms with Crippen molar-refractivity contribution in [2.75, 3.05) is 7.11 Å². The molecule has 0 bridgehead atoms. The van der Waals surface area contributed by atoms with Crippen LogP contribution in [-0.2, 0) is 0 Å². The average Bonchev–Trinajstić information content (AvgIpc) is 2.71. The van der Waals surface area contributed by atoms with Gasteiger partial charge in [-0.2, -0.15) is 0 Å². The van der Waals surface area contributed by atoms with Gasteiger partial charge in [0.15, 0.2) is 11.9 Å². The van der Waals surface area contributed by atoms with E-state index in [0.717, 1.165) is 22.4 Å². The average molecular weight is 370 g/mol. The molecule has 3 heteroatoms. The molecule has 0 saturated heterocycles. The van der Waals surface area contributed by atoms with Gasteiger partial charge in [0.25, 0.3) is 0 Å². The van der Waals surface area contributed by atoms with E-state index in [4.69, 9.17) is 9.47 Å². The number of hydrogen-bond donors (Lipinski definition) is 0. The van der Waals surface area contributed by atoms with Gasteiger partial charge in [0.05, 0.1) is 12.7 Å². The third kappa shape index (κ3) is 3.44. The Morgan fingerprint density at radius 3 is 2.25 bits per heavy atom. The third-order valence-corrected chi connectivity index (χ3v) is 4.99. The first-order valence-electron chi connectivity index (χ1n) is 9.29. The Hall–Kier alpha value is -3.33. The van der Waals surface area contributed by atoms with Crippen LogP contribution in [0.2, 0.25) is 0 Å². The van der Waals surface area contributed by atoms with E-state index in [-0.39, 0.29) is 5.78 Å². The van der Waals surface area contributed by atoms with Crippen LogP contribution in [0.25, 0.3) is 6.08 Å². The molecule has 0 saturated carbocycles. The quantitative estimate of drug-likeness (QED) is 0.554. The molecule has 1 atom stereocenters. The summed E-state index contributed by atoms with van der Waals surface area (Å²) in [5.41, 5.74) is 5.37. The van der Waals surface area contributed by atoms with Gasteiger partial charge in [0.1, 0.15) is 11.5 Å². The topological polar surface area (TPSA) is 35.5 Å². The number of carbonyl (C=O) groups is 1. The van der Waals surface area contributed by atoms with Gasteiger partial charge in [0.2, 0.25) is 0 Å².